The van der Waals surface area contributed by atoms with Crippen LogP contribution in [-0.2, 0) is 6.42 Å². The molecule has 2 aromatic heterocycles. The van der Waals surface area contributed by atoms with E-state index < -0.39 is 11.6 Å². The first kappa shape index (κ1) is 43.6. The zero-order valence-corrected chi connectivity index (χ0v) is 40.3. The first-order chi connectivity index (χ1) is 34.1. The van der Waals surface area contributed by atoms with Crippen molar-refractivity contribution in [3.8, 4) is 33.6 Å². The highest BCUT2D eigenvalue weighted by Gasteiger charge is 2.36. The van der Waals surface area contributed by atoms with Crippen molar-refractivity contribution in [3.05, 3.63) is 239 Å². The molecule has 3 nitrogen and oxygen atoms in total. The molecule has 0 saturated heterocycles. The van der Waals surface area contributed by atoms with Crippen LogP contribution in [0.2, 0.25) is 0 Å². The molecule has 3 aliphatic rings. The van der Waals surface area contributed by atoms with E-state index in [1.54, 1.807) is 19.1 Å². The van der Waals surface area contributed by atoms with Gasteiger partial charge in [0.25, 0.3) is 0 Å². The lowest BCUT2D eigenvalue weighted by molar-refractivity contribution is 0.573. The van der Waals surface area contributed by atoms with Crippen LogP contribution in [0.4, 0.5) is 24.5 Å². The average Bonchev–Trinajstić information content (AvgIpc) is 4.01. The van der Waals surface area contributed by atoms with Crippen LogP contribution in [0.1, 0.15) is 52.3 Å². The standard InChI is InChI=1S/C49H35F3N3P.C14H14/c1-28-22-46(38(51)25-37(28)50)54-42-16-8-4-12-33(42)35-23-29(18-20-44(35)54)30-19-21-45-36(24-30)34-13-5-9-17-43(34)55(45)48-27-47(39(52)26-49(48)56)53-40-14-6-2-10-31(40)32-11-3-7-15-41(32)53;1-11-7-3-5-9-13(11)14-10-6-4-8-12(14)2/h2-4,6-10,12,14-27,32H,5,11,13,56H2,1H3;3-10H,1-2H3. The molecule has 0 N–H and O–H groups in total. The van der Waals surface area contributed by atoms with E-state index in [1.807, 2.05) is 41.0 Å². The van der Waals surface area contributed by atoms with Crippen molar-refractivity contribution in [3.63, 3.8) is 0 Å². The van der Waals surface area contributed by atoms with E-state index in [9.17, 15) is 4.39 Å². The molecular formula is C63H49F3N3P. The summed E-state index contributed by atoms with van der Waals surface area (Å²) in [6.07, 6.45) is 13.5. The van der Waals surface area contributed by atoms with E-state index in [-0.39, 0.29) is 11.7 Å². The summed E-state index contributed by atoms with van der Waals surface area (Å²) in [6, 6.07) is 52.5. The number of halogens is 3. The molecule has 0 radical (unpaired) electrons. The second-order valence-electron chi connectivity index (χ2n) is 18.7. The molecule has 2 aliphatic carbocycles. The van der Waals surface area contributed by atoms with E-state index in [4.69, 9.17) is 0 Å². The Bertz CT molecular complexity index is 3820. The number of aromatic nitrogens is 2. The van der Waals surface area contributed by atoms with Crippen molar-refractivity contribution < 1.29 is 13.2 Å². The summed E-state index contributed by atoms with van der Waals surface area (Å²) in [5.74, 6) is -1.23. The van der Waals surface area contributed by atoms with Gasteiger partial charge in [0.1, 0.15) is 17.5 Å². The number of rotatable bonds is 5. The molecule has 0 fully saturated rings. The van der Waals surface area contributed by atoms with Gasteiger partial charge in [0.2, 0.25) is 0 Å². The Morgan fingerprint density at radius 1 is 0.514 bits per heavy atom. The molecular weight excluding hydrogens is 887 g/mol. The molecule has 70 heavy (non-hydrogen) atoms. The minimum atomic E-state index is -0.604. The first-order valence-electron chi connectivity index (χ1n) is 23.9. The van der Waals surface area contributed by atoms with Gasteiger partial charge in [-0.25, -0.2) is 13.2 Å². The van der Waals surface area contributed by atoms with Gasteiger partial charge in [-0.3, -0.25) is 0 Å². The number of allylic oxidation sites excluding steroid dienone is 5. The van der Waals surface area contributed by atoms with Crippen LogP contribution < -0.4 is 10.2 Å². The minimum Gasteiger partial charge on any atom is -0.310 e. The SMILES string of the molecule is Cc1cc(-n2c3ccccc3c3cc(-c4ccc5c(c4)c4c(n5-c5cc(N6C7=CC=CCC7c7ccccc76)c(F)cc5P)C=CCC4)ccc32)c(F)cc1F.Cc1ccccc1-c1ccccc1C. The molecule has 13 rings (SSSR count). The van der Waals surface area contributed by atoms with Crippen molar-refractivity contribution >= 4 is 64.7 Å². The number of anilines is 2. The van der Waals surface area contributed by atoms with Crippen molar-refractivity contribution in [2.24, 2.45) is 0 Å². The normalized spacial score (nSPS) is 14.7. The van der Waals surface area contributed by atoms with Gasteiger partial charge in [0.05, 0.1) is 33.6 Å². The predicted octanol–water partition coefficient (Wildman–Crippen LogP) is 16.6. The van der Waals surface area contributed by atoms with Crippen LogP contribution >= 0.6 is 9.24 Å². The van der Waals surface area contributed by atoms with E-state index in [0.29, 0.717) is 16.9 Å². The number of hydrogen-bond acceptors (Lipinski definition) is 1. The molecule has 2 unspecified atom stereocenters. The van der Waals surface area contributed by atoms with Crippen LogP contribution in [0.3, 0.4) is 0 Å². The summed E-state index contributed by atoms with van der Waals surface area (Å²) in [6.45, 7) is 5.97. The van der Waals surface area contributed by atoms with Crippen LogP contribution in [0, 0.1) is 38.2 Å². The van der Waals surface area contributed by atoms with Gasteiger partial charge in [-0.1, -0.05) is 115 Å². The Kier molecular flexibility index (Phi) is 10.8. The van der Waals surface area contributed by atoms with Gasteiger partial charge in [0.15, 0.2) is 0 Å². The van der Waals surface area contributed by atoms with Gasteiger partial charge in [-0.15, -0.1) is 9.24 Å². The minimum absolute atomic E-state index is 0.195. The molecule has 7 heteroatoms. The number of para-hydroxylation sites is 2. The fourth-order valence-electron chi connectivity index (χ4n) is 11.1. The van der Waals surface area contributed by atoms with Crippen molar-refractivity contribution in [2.75, 3.05) is 4.90 Å². The van der Waals surface area contributed by atoms with Gasteiger partial charge in [-0.05, 0) is 162 Å². The van der Waals surface area contributed by atoms with E-state index in [0.717, 1.165) is 97.2 Å². The van der Waals surface area contributed by atoms with Crippen molar-refractivity contribution in [2.45, 2.75) is 46.0 Å². The fraction of sp³-hybridized carbons (Fsp3) is 0.111. The largest absolute Gasteiger partial charge is 0.310 e. The Labute approximate surface area is 408 Å². The highest BCUT2D eigenvalue weighted by molar-refractivity contribution is 7.27. The van der Waals surface area contributed by atoms with Crippen LogP contribution in [0.5, 0.6) is 0 Å². The number of benzene rings is 8. The van der Waals surface area contributed by atoms with E-state index in [1.165, 1.54) is 33.4 Å². The summed E-state index contributed by atoms with van der Waals surface area (Å²) in [5, 5.41) is 3.93. The van der Waals surface area contributed by atoms with Crippen molar-refractivity contribution in [1.29, 1.82) is 0 Å². The molecule has 2 atom stereocenters. The first-order valence-corrected chi connectivity index (χ1v) is 24.5. The third kappa shape index (κ3) is 7.15. The second kappa shape index (κ2) is 17.4. The molecule has 8 aromatic carbocycles. The van der Waals surface area contributed by atoms with E-state index in [2.05, 4.69) is 166 Å². The maximum Gasteiger partial charge on any atom is 0.150 e. The number of fused-ring (bicyclic) bond motifs is 9. The summed E-state index contributed by atoms with van der Waals surface area (Å²) < 4.78 is 50.2. The quantitative estimate of drug-likeness (QED) is 0.157. The zero-order valence-electron chi connectivity index (χ0n) is 39.1. The Morgan fingerprint density at radius 2 is 1.16 bits per heavy atom. The average molecular weight is 936 g/mol. The van der Waals surface area contributed by atoms with Crippen LogP contribution in [-0.4, -0.2) is 9.13 Å². The molecule has 3 heterocycles. The van der Waals surface area contributed by atoms with Gasteiger partial charge >= 0.3 is 0 Å². The monoisotopic (exact) mass is 935 g/mol. The summed E-state index contributed by atoms with van der Waals surface area (Å²) in [5.41, 5.74) is 18.1. The molecule has 1 aliphatic heterocycles. The van der Waals surface area contributed by atoms with Crippen molar-refractivity contribution in [1.82, 2.24) is 9.13 Å². The Hall–Kier alpha value is -7.66. The molecule has 342 valence electrons. The second-order valence-corrected chi connectivity index (χ2v) is 19.3. The van der Waals surface area contributed by atoms with Gasteiger partial charge < -0.3 is 14.0 Å². The number of aryl methyl sites for hydroxylation is 4. The third-order valence-corrected chi connectivity index (χ3v) is 15.0. The van der Waals surface area contributed by atoms with Gasteiger partial charge in [0, 0.05) is 45.2 Å². The molecule has 0 spiro atoms. The fourth-order valence-corrected chi connectivity index (χ4v) is 11.5. The maximum absolute atomic E-state index is 16.3. The van der Waals surface area contributed by atoms with Gasteiger partial charge in [-0.2, -0.15) is 0 Å². The lowest BCUT2D eigenvalue weighted by atomic mass is 9.92. The lowest BCUT2D eigenvalue weighted by Crippen LogP contribution is -2.18. The highest BCUT2D eigenvalue weighted by Crippen LogP contribution is 2.51. The Morgan fingerprint density at radius 3 is 1.91 bits per heavy atom. The van der Waals surface area contributed by atoms with E-state index >= 15 is 8.78 Å². The zero-order chi connectivity index (χ0) is 47.8. The number of nitrogens with zero attached hydrogens (tertiary/aromatic N) is 3. The molecule has 0 amide bonds. The molecule has 0 saturated carbocycles. The summed E-state index contributed by atoms with van der Waals surface area (Å²) in [7, 11) is 2.79. The van der Waals surface area contributed by atoms with Crippen LogP contribution in [0.15, 0.2) is 188 Å². The lowest BCUT2D eigenvalue weighted by Gasteiger charge is -2.26. The van der Waals surface area contributed by atoms with Crippen LogP contribution in [0.25, 0.3) is 72.4 Å². The maximum atomic E-state index is 16.3. The smallest absolute Gasteiger partial charge is 0.150 e. The molecule has 10 aromatic rings. The number of hydrogen-bond donors (Lipinski definition) is 0. The Balaban J connectivity index is 0.000000310. The molecule has 0 bridgehead atoms. The highest BCUT2D eigenvalue weighted by atomic mass is 31.0. The topological polar surface area (TPSA) is 13.1 Å². The summed E-state index contributed by atoms with van der Waals surface area (Å²) >= 11 is 0. The third-order valence-electron chi connectivity index (χ3n) is 14.5. The predicted molar refractivity (Wildman–Crippen MR) is 289 cm³/mol. The summed E-state index contributed by atoms with van der Waals surface area (Å²) in [4.78, 5) is 2.11.